The summed E-state index contributed by atoms with van der Waals surface area (Å²) in [5, 5.41) is 5.43. The predicted octanol–water partition coefficient (Wildman–Crippen LogP) is 3.00. The molecule has 3 atom stereocenters. The monoisotopic (exact) mass is 278 g/mol. The van der Waals surface area contributed by atoms with Gasteiger partial charge in [-0.3, -0.25) is 10.1 Å². The minimum atomic E-state index is 0.115. The van der Waals surface area contributed by atoms with Crippen molar-refractivity contribution in [1.82, 2.24) is 10.2 Å². The summed E-state index contributed by atoms with van der Waals surface area (Å²) in [4.78, 5) is 15.4. The average molecular weight is 278 g/mol. The molecule has 0 aromatic carbocycles. The van der Waals surface area contributed by atoms with E-state index >= 15 is 0 Å². The molecule has 4 heteroatoms. The number of hydrogen-bond donors (Lipinski definition) is 1. The molecule has 3 rings (SSSR count). The van der Waals surface area contributed by atoms with Crippen molar-refractivity contribution >= 4 is 17.2 Å². The predicted molar refractivity (Wildman–Crippen MR) is 77.9 cm³/mol. The van der Waals surface area contributed by atoms with Crippen molar-refractivity contribution in [1.29, 1.82) is 0 Å². The Labute approximate surface area is 119 Å². The Bertz CT molecular complexity index is 431. The smallest absolute Gasteiger partial charge is 0.238 e. The molecule has 1 aliphatic heterocycles. The third-order valence-electron chi connectivity index (χ3n) is 4.39. The second-order valence-corrected chi connectivity index (χ2v) is 6.96. The zero-order chi connectivity index (χ0) is 13.2. The Kier molecular flexibility index (Phi) is 3.89. The number of carbonyl (C=O) groups excluding carboxylic acids is 1. The summed E-state index contributed by atoms with van der Waals surface area (Å²) in [6, 6.07) is 4.18. The molecule has 0 spiro atoms. The van der Waals surface area contributed by atoms with Crippen LogP contribution in [0.2, 0.25) is 0 Å². The van der Waals surface area contributed by atoms with Gasteiger partial charge in [0.1, 0.15) is 6.17 Å². The minimum absolute atomic E-state index is 0.115. The first kappa shape index (κ1) is 13.1. The molecule has 19 heavy (non-hydrogen) atoms. The highest BCUT2D eigenvalue weighted by Crippen LogP contribution is 2.33. The van der Waals surface area contributed by atoms with Crippen molar-refractivity contribution in [2.75, 3.05) is 13.1 Å². The molecule has 3 unspecified atom stereocenters. The Balaban J connectivity index is 1.68. The third kappa shape index (κ3) is 2.84. The number of rotatable bonds is 3. The van der Waals surface area contributed by atoms with Crippen LogP contribution in [0.4, 0.5) is 0 Å². The van der Waals surface area contributed by atoms with Crippen LogP contribution in [-0.2, 0) is 4.79 Å². The quantitative estimate of drug-likeness (QED) is 0.922. The Morgan fingerprint density at radius 2 is 2.37 bits per heavy atom. The number of thiophene rings is 1. The summed E-state index contributed by atoms with van der Waals surface area (Å²) in [6.07, 6.45) is 5.36. The van der Waals surface area contributed by atoms with E-state index in [9.17, 15) is 4.79 Å². The van der Waals surface area contributed by atoms with Gasteiger partial charge in [-0.25, -0.2) is 0 Å². The second kappa shape index (κ2) is 5.63. The summed E-state index contributed by atoms with van der Waals surface area (Å²) >= 11 is 1.73. The molecule has 1 saturated carbocycles. The number of carbonyl (C=O) groups is 1. The van der Waals surface area contributed by atoms with Crippen LogP contribution in [0.3, 0.4) is 0 Å². The van der Waals surface area contributed by atoms with Gasteiger partial charge in [0.2, 0.25) is 5.91 Å². The summed E-state index contributed by atoms with van der Waals surface area (Å²) in [6.45, 7) is 3.76. The lowest BCUT2D eigenvalue weighted by atomic mass is 9.82. The van der Waals surface area contributed by atoms with Crippen LogP contribution >= 0.6 is 11.3 Å². The van der Waals surface area contributed by atoms with E-state index in [1.165, 1.54) is 30.6 Å². The number of nitrogens with zero attached hydrogens (tertiary/aromatic N) is 1. The molecule has 1 amide bonds. The summed E-state index contributed by atoms with van der Waals surface area (Å²) < 4.78 is 0. The molecule has 0 radical (unpaired) electrons. The molecule has 2 fully saturated rings. The standard InChI is InChI=1S/C15H22N2OS/c1-11-4-2-5-12(8-11)10-17-14(18)9-16-15(17)13-6-3-7-19-13/h3,6-7,11-12,15-16H,2,4-5,8-10H2,1H3. The molecule has 2 aliphatic rings. The highest BCUT2D eigenvalue weighted by atomic mass is 32.1. The maximum absolute atomic E-state index is 12.1. The molecular formula is C15H22N2OS. The van der Waals surface area contributed by atoms with Crippen LogP contribution in [0.5, 0.6) is 0 Å². The Morgan fingerprint density at radius 1 is 1.47 bits per heavy atom. The van der Waals surface area contributed by atoms with E-state index in [1.807, 2.05) is 0 Å². The fourth-order valence-electron chi connectivity index (χ4n) is 3.45. The summed E-state index contributed by atoms with van der Waals surface area (Å²) in [5.41, 5.74) is 0. The molecule has 1 aromatic rings. The molecule has 0 bridgehead atoms. The van der Waals surface area contributed by atoms with E-state index in [0.717, 1.165) is 12.5 Å². The lowest BCUT2D eigenvalue weighted by Crippen LogP contribution is -2.35. The van der Waals surface area contributed by atoms with E-state index in [1.54, 1.807) is 11.3 Å². The molecule has 1 saturated heterocycles. The van der Waals surface area contributed by atoms with Gasteiger partial charge >= 0.3 is 0 Å². The van der Waals surface area contributed by atoms with Crippen molar-refractivity contribution in [2.45, 2.75) is 38.8 Å². The van der Waals surface area contributed by atoms with Crippen molar-refractivity contribution in [3.8, 4) is 0 Å². The van der Waals surface area contributed by atoms with Crippen LogP contribution in [-0.4, -0.2) is 23.9 Å². The number of hydrogen-bond acceptors (Lipinski definition) is 3. The van der Waals surface area contributed by atoms with E-state index in [0.29, 0.717) is 12.5 Å². The molecule has 1 N–H and O–H groups in total. The van der Waals surface area contributed by atoms with Gasteiger partial charge in [-0.1, -0.05) is 25.8 Å². The first-order valence-electron chi connectivity index (χ1n) is 7.30. The molecule has 104 valence electrons. The van der Waals surface area contributed by atoms with Crippen LogP contribution in [0.25, 0.3) is 0 Å². The SMILES string of the molecule is CC1CCCC(CN2C(=O)CNC2c2cccs2)C1. The van der Waals surface area contributed by atoms with Gasteiger partial charge in [0.25, 0.3) is 0 Å². The van der Waals surface area contributed by atoms with Gasteiger partial charge in [0.15, 0.2) is 0 Å². The zero-order valence-corrected chi connectivity index (χ0v) is 12.3. The minimum Gasteiger partial charge on any atom is -0.321 e. The van der Waals surface area contributed by atoms with Crippen molar-refractivity contribution in [3.63, 3.8) is 0 Å². The van der Waals surface area contributed by atoms with E-state index in [4.69, 9.17) is 0 Å². The van der Waals surface area contributed by atoms with Crippen molar-refractivity contribution in [2.24, 2.45) is 11.8 Å². The normalized spacial score (nSPS) is 31.9. The second-order valence-electron chi connectivity index (χ2n) is 5.98. The van der Waals surface area contributed by atoms with Crippen LogP contribution < -0.4 is 5.32 Å². The largest absolute Gasteiger partial charge is 0.321 e. The molecule has 1 aromatic heterocycles. The van der Waals surface area contributed by atoms with Gasteiger partial charge in [-0.2, -0.15) is 0 Å². The lowest BCUT2D eigenvalue weighted by molar-refractivity contribution is -0.128. The van der Waals surface area contributed by atoms with E-state index in [-0.39, 0.29) is 12.1 Å². The molecule has 1 aliphatic carbocycles. The van der Waals surface area contributed by atoms with E-state index in [2.05, 4.69) is 34.7 Å². The first-order valence-corrected chi connectivity index (χ1v) is 8.18. The highest BCUT2D eigenvalue weighted by molar-refractivity contribution is 7.10. The summed E-state index contributed by atoms with van der Waals surface area (Å²) in [5.74, 6) is 1.77. The Hall–Kier alpha value is -0.870. The summed E-state index contributed by atoms with van der Waals surface area (Å²) in [7, 11) is 0. The van der Waals surface area contributed by atoms with E-state index < -0.39 is 0 Å². The van der Waals surface area contributed by atoms with Gasteiger partial charge in [-0.15, -0.1) is 11.3 Å². The fraction of sp³-hybridized carbons (Fsp3) is 0.667. The highest BCUT2D eigenvalue weighted by Gasteiger charge is 2.34. The maximum Gasteiger partial charge on any atom is 0.238 e. The fourth-order valence-corrected chi connectivity index (χ4v) is 4.26. The van der Waals surface area contributed by atoms with Crippen LogP contribution in [0, 0.1) is 11.8 Å². The molecule has 2 heterocycles. The van der Waals surface area contributed by atoms with Crippen LogP contribution in [0.15, 0.2) is 17.5 Å². The Morgan fingerprint density at radius 3 is 3.11 bits per heavy atom. The third-order valence-corrected chi connectivity index (χ3v) is 5.32. The van der Waals surface area contributed by atoms with Crippen molar-refractivity contribution < 1.29 is 4.79 Å². The molecule has 3 nitrogen and oxygen atoms in total. The molecular weight excluding hydrogens is 256 g/mol. The number of nitrogens with one attached hydrogen (secondary N) is 1. The topological polar surface area (TPSA) is 32.3 Å². The maximum atomic E-state index is 12.1. The van der Waals surface area contributed by atoms with Crippen LogP contribution in [0.1, 0.15) is 43.6 Å². The van der Waals surface area contributed by atoms with Gasteiger partial charge in [0.05, 0.1) is 6.54 Å². The van der Waals surface area contributed by atoms with Gasteiger partial charge in [0, 0.05) is 11.4 Å². The zero-order valence-electron chi connectivity index (χ0n) is 11.5. The lowest BCUT2D eigenvalue weighted by Gasteiger charge is -2.32. The first-order chi connectivity index (χ1) is 9.24. The average Bonchev–Trinajstić information content (AvgIpc) is 3.01. The number of amides is 1. The van der Waals surface area contributed by atoms with Gasteiger partial charge < -0.3 is 4.90 Å². The van der Waals surface area contributed by atoms with Gasteiger partial charge in [-0.05, 0) is 36.1 Å². The van der Waals surface area contributed by atoms with Crippen molar-refractivity contribution in [3.05, 3.63) is 22.4 Å².